The van der Waals surface area contributed by atoms with Gasteiger partial charge in [0.2, 0.25) is 0 Å². The van der Waals surface area contributed by atoms with E-state index in [9.17, 15) is 4.79 Å². The van der Waals surface area contributed by atoms with Gasteiger partial charge in [0, 0.05) is 22.7 Å². The predicted octanol–water partition coefficient (Wildman–Crippen LogP) is 3.87. The van der Waals surface area contributed by atoms with Crippen LogP contribution in [0.4, 0.5) is 0 Å². The molecule has 0 heterocycles. The summed E-state index contributed by atoms with van der Waals surface area (Å²) in [5.74, 6) is 0.365. The van der Waals surface area contributed by atoms with Crippen LogP contribution in [-0.2, 0) is 4.79 Å². The molecule has 110 valence electrons. The van der Waals surface area contributed by atoms with Crippen LogP contribution in [0.5, 0.6) is 11.5 Å². The van der Waals surface area contributed by atoms with E-state index in [0.717, 1.165) is 12.5 Å². The molecule has 1 N–H and O–H groups in total. The number of aliphatic carboxylic acids is 1. The smallest absolute Gasteiger partial charge is 0.328 e. The Morgan fingerprint density at radius 2 is 2.20 bits per heavy atom. The zero-order valence-electron chi connectivity index (χ0n) is 11.9. The number of benzene rings is 1. The third kappa shape index (κ3) is 4.78. The van der Waals surface area contributed by atoms with Crippen molar-refractivity contribution in [2.75, 3.05) is 13.7 Å². The van der Waals surface area contributed by atoms with Gasteiger partial charge in [-0.05, 0) is 18.1 Å². The van der Waals surface area contributed by atoms with Gasteiger partial charge in [0.05, 0.1) is 13.7 Å². The van der Waals surface area contributed by atoms with Crippen molar-refractivity contribution in [3.05, 3.63) is 28.8 Å². The highest BCUT2D eigenvalue weighted by molar-refractivity contribution is 6.31. The molecule has 0 spiro atoms. The Kier molecular flexibility index (Phi) is 6.39. The Morgan fingerprint density at radius 1 is 1.50 bits per heavy atom. The molecule has 0 bridgehead atoms. The van der Waals surface area contributed by atoms with E-state index in [-0.39, 0.29) is 0 Å². The molecule has 1 aromatic rings. The number of carboxylic acids is 1. The Morgan fingerprint density at radius 3 is 2.75 bits per heavy atom. The average Bonchev–Trinajstić information content (AvgIpc) is 2.42. The van der Waals surface area contributed by atoms with Gasteiger partial charge < -0.3 is 14.6 Å². The molecule has 0 aliphatic heterocycles. The van der Waals surface area contributed by atoms with Crippen LogP contribution < -0.4 is 9.47 Å². The summed E-state index contributed by atoms with van der Waals surface area (Å²) < 4.78 is 11.0. The van der Waals surface area contributed by atoms with Crippen LogP contribution in [0.3, 0.4) is 0 Å². The van der Waals surface area contributed by atoms with Gasteiger partial charge in [-0.1, -0.05) is 31.9 Å². The van der Waals surface area contributed by atoms with E-state index in [0.29, 0.717) is 34.6 Å². The lowest BCUT2D eigenvalue weighted by Crippen LogP contribution is -2.09. The fraction of sp³-hybridized carbons (Fsp3) is 0.400. The summed E-state index contributed by atoms with van der Waals surface area (Å²) in [4.78, 5) is 10.6. The molecule has 0 saturated carbocycles. The van der Waals surface area contributed by atoms with E-state index in [1.807, 2.05) is 0 Å². The number of carbonyl (C=O) groups is 1. The van der Waals surface area contributed by atoms with E-state index in [2.05, 4.69) is 13.8 Å². The fourth-order valence-electron chi connectivity index (χ4n) is 1.52. The zero-order valence-corrected chi connectivity index (χ0v) is 12.6. The molecule has 0 amide bonds. The molecule has 0 aromatic heterocycles. The lowest BCUT2D eigenvalue weighted by molar-refractivity contribution is -0.131. The second-order valence-corrected chi connectivity index (χ2v) is 4.96. The van der Waals surface area contributed by atoms with E-state index >= 15 is 0 Å². The minimum absolute atomic E-state index is 0.395. The molecule has 0 aliphatic carbocycles. The normalized spacial score (nSPS) is 12.4. The van der Waals surface area contributed by atoms with Gasteiger partial charge in [0.1, 0.15) is 0 Å². The van der Waals surface area contributed by atoms with Crippen LogP contribution >= 0.6 is 11.6 Å². The summed E-state index contributed by atoms with van der Waals surface area (Å²) >= 11 is 5.99. The van der Waals surface area contributed by atoms with Crippen molar-refractivity contribution in [2.45, 2.75) is 20.3 Å². The van der Waals surface area contributed by atoms with Gasteiger partial charge in [0.15, 0.2) is 11.5 Å². The molecule has 0 fully saturated rings. The minimum atomic E-state index is -1.03. The monoisotopic (exact) mass is 298 g/mol. The van der Waals surface area contributed by atoms with Crippen LogP contribution in [0, 0.1) is 5.92 Å². The summed E-state index contributed by atoms with van der Waals surface area (Å²) in [5, 5.41) is 9.19. The SMILES string of the molecule is CCC(C)COc1c(/C=C/C(=O)O)cc(Cl)cc1OC. The summed E-state index contributed by atoms with van der Waals surface area (Å²) in [5.41, 5.74) is 0.583. The van der Waals surface area contributed by atoms with Crippen LogP contribution in [0.2, 0.25) is 5.02 Å². The lowest BCUT2D eigenvalue weighted by Gasteiger charge is -2.16. The summed E-state index contributed by atoms with van der Waals surface area (Å²) in [6.07, 6.45) is 3.49. The maximum Gasteiger partial charge on any atom is 0.328 e. The highest BCUT2D eigenvalue weighted by Crippen LogP contribution is 2.36. The average molecular weight is 299 g/mol. The van der Waals surface area contributed by atoms with E-state index in [1.165, 1.54) is 13.2 Å². The van der Waals surface area contributed by atoms with Crippen LogP contribution in [-0.4, -0.2) is 24.8 Å². The van der Waals surface area contributed by atoms with E-state index in [1.54, 1.807) is 12.1 Å². The van der Waals surface area contributed by atoms with Crippen LogP contribution in [0.15, 0.2) is 18.2 Å². The first kappa shape index (κ1) is 16.4. The molecule has 1 aromatic carbocycles. The first-order chi connectivity index (χ1) is 9.47. The molecule has 0 saturated heterocycles. The molecule has 0 radical (unpaired) electrons. The number of halogens is 1. The second-order valence-electron chi connectivity index (χ2n) is 4.52. The molecule has 1 rings (SSSR count). The van der Waals surface area contributed by atoms with Crippen molar-refractivity contribution in [3.63, 3.8) is 0 Å². The maximum atomic E-state index is 10.6. The van der Waals surface area contributed by atoms with Gasteiger partial charge in [-0.25, -0.2) is 4.79 Å². The first-order valence-corrected chi connectivity index (χ1v) is 6.77. The fourth-order valence-corrected chi connectivity index (χ4v) is 1.74. The number of methoxy groups -OCH3 is 1. The summed E-state index contributed by atoms with van der Waals surface area (Å²) in [6, 6.07) is 3.29. The topological polar surface area (TPSA) is 55.8 Å². The van der Waals surface area contributed by atoms with Crippen molar-refractivity contribution in [1.82, 2.24) is 0 Å². The number of hydrogen-bond acceptors (Lipinski definition) is 3. The van der Waals surface area contributed by atoms with Crippen molar-refractivity contribution in [1.29, 1.82) is 0 Å². The third-order valence-electron chi connectivity index (χ3n) is 2.88. The van der Waals surface area contributed by atoms with Gasteiger partial charge >= 0.3 is 5.97 Å². The number of ether oxygens (including phenoxy) is 2. The van der Waals surface area contributed by atoms with Gasteiger partial charge in [-0.2, -0.15) is 0 Å². The summed E-state index contributed by atoms with van der Waals surface area (Å²) in [7, 11) is 1.52. The van der Waals surface area contributed by atoms with Gasteiger partial charge in [-0.3, -0.25) is 0 Å². The molecule has 1 atom stereocenters. The Hall–Kier alpha value is -1.68. The molecule has 1 unspecified atom stereocenters. The van der Waals surface area contributed by atoms with Gasteiger partial charge in [0.25, 0.3) is 0 Å². The Balaban J connectivity index is 3.11. The maximum absolute atomic E-state index is 10.6. The van der Waals surface area contributed by atoms with Crippen molar-refractivity contribution in [2.24, 2.45) is 5.92 Å². The van der Waals surface area contributed by atoms with E-state index in [4.69, 9.17) is 26.2 Å². The van der Waals surface area contributed by atoms with Crippen LogP contribution in [0.25, 0.3) is 6.08 Å². The number of rotatable bonds is 7. The van der Waals surface area contributed by atoms with Crippen molar-refractivity contribution < 1.29 is 19.4 Å². The van der Waals surface area contributed by atoms with Crippen molar-refractivity contribution in [3.8, 4) is 11.5 Å². The number of carboxylic acid groups (broad SMARTS) is 1. The van der Waals surface area contributed by atoms with Crippen molar-refractivity contribution >= 4 is 23.6 Å². The largest absolute Gasteiger partial charge is 0.493 e. The second kappa shape index (κ2) is 7.80. The number of hydrogen-bond donors (Lipinski definition) is 1. The molecular formula is C15H19ClO4. The molecule has 0 aliphatic rings. The molecule has 5 heteroatoms. The highest BCUT2D eigenvalue weighted by atomic mass is 35.5. The minimum Gasteiger partial charge on any atom is -0.493 e. The standard InChI is InChI=1S/C15H19ClO4/c1-4-10(2)9-20-15-11(5-6-14(17)18)7-12(16)8-13(15)19-3/h5-8,10H,4,9H2,1-3H3,(H,17,18)/b6-5+. The highest BCUT2D eigenvalue weighted by Gasteiger charge is 2.12. The van der Waals surface area contributed by atoms with E-state index < -0.39 is 5.97 Å². The quantitative estimate of drug-likeness (QED) is 0.776. The Labute approximate surface area is 124 Å². The summed E-state index contributed by atoms with van der Waals surface area (Å²) in [6.45, 7) is 4.69. The lowest BCUT2D eigenvalue weighted by atomic mass is 10.1. The molecule has 20 heavy (non-hydrogen) atoms. The molecule has 4 nitrogen and oxygen atoms in total. The third-order valence-corrected chi connectivity index (χ3v) is 3.10. The van der Waals surface area contributed by atoms with Crippen LogP contribution in [0.1, 0.15) is 25.8 Å². The Bertz CT molecular complexity index is 497. The first-order valence-electron chi connectivity index (χ1n) is 6.39. The predicted molar refractivity (Wildman–Crippen MR) is 79.6 cm³/mol. The van der Waals surface area contributed by atoms with Gasteiger partial charge in [-0.15, -0.1) is 0 Å². The zero-order chi connectivity index (χ0) is 15.1. The molecular weight excluding hydrogens is 280 g/mol.